The Bertz CT molecular complexity index is 92.3. The van der Waals surface area contributed by atoms with Gasteiger partial charge in [0, 0.05) is 10.8 Å². The summed E-state index contributed by atoms with van der Waals surface area (Å²) in [5, 5.41) is 0.742. The molecule has 0 radical (unpaired) electrons. The van der Waals surface area contributed by atoms with Crippen LogP contribution in [0.5, 0.6) is 0 Å². The van der Waals surface area contributed by atoms with Gasteiger partial charge in [-0.2, -0.15) is 0 Å². The van der Waals surface area contributed by atoms with Crippen molar-refractivity contribution in [2.24, 2.45) is 0 Å². The first-order valence-corrected chi connectivity index (χ1v) is 6.36. The van der Waals surface area contributed by atoms with Crippen LogP contribution in [-0.4, -0.2) is 10.8 Å². The number of hydrogen-bond donors (Lipinski definition) is 0. The van der Waals surface area contributed by atoms with Crippen molar-refractivity contribution >= 4 is 23.2 Å². The van der Waals surface area contributed by atoms with Gasteiger partial charge in [0.1, 0.15) is 0 Å². The average molecular weight is 225 g/mol. The molecule has 2 atom stereocenters. The average Bonchev–Trinajstić information content (AvgIpc) is 2.05. The third kappa shape index (κ3) is 8.90. The molecule has 0 heterocycles. The lowest BCUT2D eigenvalue weighted by Gasteiger charge is -2.10. The molecule has 0 aromatic carbocycles. The molecular weight excluding hydrogens is 203 g/mol. The van der Waals surface area contributed by atoms with E-state index in [0.29, 0.717) is 10.8 Å². The minimum absolute atomic E-state index is 0.371. The van der Waals surface area contributed by atoms with Crippen LogP contribution in [0.25, 0.3) is 0 Å². The number of alkyl halides is 2. The Labute approximate surface area is 93.0 Å². The maximum atomic E-state index is 6.10. The van der Waals surface area contributed by atoms with E-state index < -0.39 is 0 Å². The van der Waals surface area contributed by atoms with E-state index >= 15 is 0 Å². The van der Waals surface area contributed by atoms with Gasteiger partial charge in [-0.1, -0.05) is 33.1 Å². The van der Waals surface area contributed by atoms with E-state index in [1.54, 1.807) is 0 Å². The van der Waals surface area contributed by atoms with Crippen LogP contribution in [-0.2, 0) is 0 Å². The van der Waals surface area contributed by atoms with Crippen molar-refractivity contribution in [2.45, 2.75) is 69.5 Å². The quantitative estimate of drug-likeness (QED) is 0.511. The van der Waals surface area contributed by atoms with Crippen LogP contribution in [0.15, 0.2) is 0 Å². The molecule has 0 fully saturated rings. The van der Waals surface area contributed by atoms with Crippen molar-refractivity contribution in [3.8, 4) is 0 Å². The SMILES string of the molecule is CCCC(Cl)CCCC(Cl)CCC. The van der Waals surface area contributed by atoms with E-state index in [1.807, 2.05) is 0 Å². The minimum Gasteiger partial charge on any atom is -0.123 e. The smallest absolute Gasteiger partial charge is 0.0336 e. The lowest BCUT2D eigenvalue weighted by atomic mass is 10.1. The summed E-state index contributed by atoms with van der Waals surface area (Å²) < 4.78 is 0. The van der Waals surface area contributed by atoms with Gasteiger partial charge in [0.05, 0.1) is 0 Å². The van der Waals surface area contributed by atoms with Gasteiger partial charge in [-0.25, -0.2) is 0 Å². The molecule has 0 nitrogen and oxygen atoms in total. The van der Waals surface area contributed by atoms with Crippen molar-refractivity contribution in [1.82, 2.24) is 0 Å². The predicted molar refractivity (Wildman–Crippen MR) is 62.9 cm³/mol. The van der Waals surface area contributed by atoms with Crippen LogP contribution in [0.3, 0.4) is 0 Å². The third-order valence-corrected chi connectivity index (χ3v) is 3.11. The molecule has 2 unspecified atom stereocenters. The molecule has 0 aliphatic carbocycles. The highest BCUT2D eigenvalue weighted by Gasteiger charge is 2.06. The van der Waals surface area contributed by atoms with Crippen molar-refractivity contribution < 1.29 is 0 Å². The summed E-state index contributed by atoms with van der Waals surface area (Å²) in [6.07, 6.45) is 8.10. The Kier molecular flexibility index (Phi) is 9.56. The highest BCUT2D eigenvalue weighted by Crippen LogP contribution is 2.18. The summed E-state index contributed by atoms with van der Waals surface area (Å²) in [6, 6.07) is 0. The number of halogens is 2. The second-order valence-electron chi connectivity index (χ2n) is 3.70. The van der Waals surface area contributed by atoms with Crippen LogP contribution >= 0.6 is 23.2 Å². The van der Waals surface area contributed by atoms with Crippen molar-refractivity contribution in [2.75, 3.05) is 0 Å². The zero-order valence-electron chi connectivity index (χ0n) is 8.86. The second kappa shape index (κ2) is 9.15. The van der Waals surface area contributed by atoms with E-state index in [0.717, 1.165) is 25.7 Å². The highest BCUT2D eigenvalue weighted by molar-refractivity contribution is 6.21. The van der Waals surface area contributed by atoms with E-state index in [9.17, 15) is 0 Å². The van der Waals surface area contributed by atoms with Gasteiger partial charge in [0.15, 0.2) is 0 Å². The van der Waals surface area contributed by atoms with Crippen molar-refractivity contribution in [1.29, 1.82) is 0 Å². The van der Waals surface area contributed by atoms with Crippen LogP contribution in [0, 0.1) is 0 Å². The van der Waals surface area contributed by atoms with E-state index in [-0.39, 0.29) is 0 Å². The minimum atomic E-state index is 0.371. The van der Waals surface area contributed by atoms with Gasteiger partial charge in [-0.15, -0.1) is 23.2 Å². The topological polar surface area (TPSA) is 0 Å². The summed E-state index contributed by atoms with van der Waals surface area (Å²) in [6.45, 7) is 4.35. The predicted octanol–water partition coefficient (Wildman–Crippen LogP) is 4.97. The molecule has 0 aromatic heterocycles. The maximum absolute atomic E-state index is 6.10. The largest absolute Gasteiger partial charge is 0.123 e. The monoisotopic (exact) mass is 224 g/mol. The van der Waals surface area contributed by atoms with Crippen molar-refractivity contribution in [3.05, 3.63) is 0 Å². The molecule has 0 saturated heterocycles. The summed E-state index contributed by atoms with van der Waals surface area (Å²) >= 11 is 12.2. The standard InChI is InChI=1S/C11H22Cl2/c1-3-6-10(12)8-5-9-11(13)7-4-2/h10-11H,3-9H2,1-2H3. The van der Waals surface area contributed by atoms with Crippen LogP contribution in [0.4, 0.5) is 0 Å². The maximum Gasteiger partial charge on any atom is 0.0336 e. The Morgan fingerprint density at radius 3 is 1.46 bits per heavy atom. The molecule has 0 spiro atoms. The molecular formula is C11H22Cl2. The molecule has 0 bridgehead atoms. The summed E-state index contributed by atoms with van der Waals surface area (Å²) in [4.78, 5) is 0. The van der Waals surface area contributed by atoms with Crippen molar-refractivity contribution in [3.63, 3.8) is 0 Å². The first-order valence-electron chi connectivity index (χ1n) is 5.48. The van der Waals surface area contributed by atoms with E-state index in [2.05, 4.69) is 13.8 Å². The van der Waals surface area contributed by atoms with Gasteiger partial charge in [0.2, 0.25) is 0 Å². The second-order valence-corrected chi connectivity index (χ2v) is 4.94. The van der Waals surface area contributed by atoms with E-state index in [4.69, 9.17) is 23.2 Å². The Morgan fingerprint density at radius 2 is 1.15 bits per heavy atom. The Hall–Kier alpha value is 0.580. The van der Waals surface area contributed by atoms with Gasteiger partial charge in [0.25, 0.3) is 0 Å². The van der Waals surface area contributed by atoms with Gasteiger partial charge in [-0.05, 0) is 25.7 Å². The number of rotatable bonds is 8. The summed E-state index contributed by atoms with van der Waals surface area (Å²) in [5.74, 6) is 0. The fraction of sp³-hybridized carbons (Fsp3) is 1.00. The lowest BCUT2D eigenvalue weighted by Crippen LogP contribution is -2.02. The van der Waals surface area contributed by atoms with E-state index in [1.165, 1.54) is 19.3 Å². The summed E-state index contributed by atoms with van der Waals surface area (Å²) in [5.41, 5.74) is 0. The van der Waals surface area contributed by atoms with Crippen LogP contribution < -0.4 is 0 Å². The van der Waals surface area contributed by atoms with Gasteiger partial charge >= 0.3 is 0 Å². The molecule has 0 rings (SSSR count). The third-order valence-electron chi connectivity index (χ3n) is 2.24. The molecule has 2 heteroatoms. The Morgan fingerprint density at radius 1 is 0.769 bits per heavy atom. The molecule has 0 aromatic rings. The lowest BCUT2D eigenvalue weighted by molar-refractivity contribution is 0.582. The zero-order valence-corrected chi connectivity index (χ0v) is 10.4. The molecule has 0 aliphatic heterocycles. The first-order chi connectivity index (χ1) is 6.20. The zero-order chi connectivity index (χ0) is 10.1. The number of hydrogen-bond acceptors (Lipinski definition) is 0. The molecule has 0 N–H and O–H groups in total. The molecule has 13 heavy (non-hydrogen) atoms. The summed E-state index contributed by atoms with van der Waals surface area (Å²) in [7, 11) is 0. The first kappa shape index (κ1) is 13.6. The molecule has 0 aliphatic rings. The highest BCUT2D eigenvalue weighted by atomic mass is 35.5. The molecule has 80 valence electrons. The fourth-order valence-electron chi connectivity index (χ4n) is 1.48. The van der Waals surface area contributed by atoms with Crippen LogP contribution in [0.2, 0.25) is 0 Å². The Balaban J connectivity index is 3.23. The normalized spacial score (nSPS) is 15.7. The fourth-order valence-corrected chi connectivity index (χ4v) is 2.22. The van der Waals surface area contributed by atoms with Gasteiger partial charge in [-0.3, -0.25) is 0 Å². The molecule has 0 saturated carbocycles. The van der Waals surface area contributed by atoms with Gasteiger partial charge < -0.3 is 0 Å². The van der Waals surface area contributed by atoms with Crippen LogP contribution in [0.1, 0.15) is 58.8 Å². The molecule has 0 amide bonds.